The molecule has 0 saturated heterocycles. The second-order valence-corrected chi connectivity index (χ2v) is 5.39. The molecule has 1 aromatic heterocycles. The molecule has 0 atom stereocenters. The van der Waals surface area contributed by atoms with Gasteiger partial charge in [0, 0.05) is 5.56 Å². The summed E-state index contributed by atoms with van der Waals surface area (Å²) in [6, 6.07) is 16.5. The van der Waals surface area contributed by atoms with Crippen LogP contribution in [0, 0.1) is 0 Å². The summed E-state index contributed by atoms with van der Waals surface area (Å²) in [5.41, 5.74) is 1.79. The lowest BCUT2D eigenvalue weighted by Crippen LogP contribution is -2.08. The van der Waals surface area contributed by atoms with E-state index in [-0.39, 0.29) is 5.89 Å². The third-order valence-corrected chi connectivity index (χ3v) is 3.61. The van der Waals surface area contributed by atoms with Crippen LogP contribution in [0.15, 0.2) is 71.7 Å². The predicted octanol–water partition coefficient (Wildman–Crippen LogP) is 4.53. The number of unbranched alkanes of at least 4 members (excludes halogenated alkanes) is 1. The summed E-state index contributed by atoms with van der Waals surface area (Å²) in [5.74, 6) is 0.293. The lowest BCUT2D eigenvalue weighted by atomic mass is 10.1. The van der Waals surface area contributed by atoms with Gasteiger partial charge in [0.15, 0.2) is 0 Å². The minimum atomic E-state index is -0.404. The van der Waals surface area contributed by atoms with Gasteiger partial charge in [-0.1, -0.05) is 36.4 Å². The third kappa shape index (κ3) is 4.01. The highest BCUT2D eigenvalue weighted by Crippen LogP contribution is 2.26. The summed E-state index contributed by atoms with van der Waals surface area (Å²) in [7, 11) is 0. The van der Waals surface area contributed by atoms with Gasteiger partial charge in [-0.15, -0.1) is 16.8 Å². The minimum Gasteiger partial charge on any atom is -0.462 e. The number of rotatable bonds is 7. The maximum atomic E-state index is 12.3. The van der Waals surface area contributed by atoms with Gasteiger partial charge in [-0.2, -0.15) is 0 Å². The Morgan fingerprint density at radius 1 is 1.04 bits per heavy atom. The van der Waals surface area contributed by atoms with Crippen molar-refractivity contribution in [1.82, 2.24) is 10.2 Å². The summed E-state index contributed by atoms with van der Waals surface area (Å²) in [6.45, 7) is 3.99. The van der Waals surface area contributed by atoms with Gasteiger partial charge in [-0.3, -0.25) is 0 Å². The maximum Gasteiger partial charge on any atom is 0.338 e. The quantitative estimate of drug-likeness (QED) is 0.361. The summed E-state index contributed by atoms with van der Waals surface area (Å²) >= 11 is 0. The Bertz CT molecular complexity index is 856. The van der Waals surface area contributed by atoms with Crippen molar-refractivity contribution in [3.8, 4) is 22.9 Å². The molecule has 0 N–H and O–H groups in total. The van der Waals surface area contributed by atoms with Crippen LogP contribution in [-0.2, 0) is 4.74 Å². The number of hydrogen-bond donors (Lipinski definition) is 0. The van der Waals surface area contributed by atoms with Crippen LogP contribution in [0.1, 0.15) is 23.2 Å². The van der Waals surface area contributed by atoms with E-state index < -0.39 is 5.97 Å². The van der Waals surface area contributed by atoms with E-state index in [2.05, 4.69) is 16.8 Å². The molecular formula is C20H18N2O3. The van der Waals surface area contributed by atoms with E-state index in [9.17, 15) is 4.79 Å². The highest BCUT2D eigenvalue weighted by molar-refractivity contribution is 5.96. The number of hydrogen-bond acceptors (Lipinski definition) is 5. The number of carbonyl (C=O) groups is 1. The van der Waals surface area contributed by atoms with Gasteiger partial charge in [-0.25, -0.2) is 4.79 Å². The first-order chi connectivity index (χ1) is 12.3. The van der Waals surface area contributed by atoms with E-state index >= 15 is 0 Å². The SMILES string of the molecule is C=CCCCOC(=O)c1ccccc1-c1nnc(-c2ccccc2)o1. The first-order valence-corrected chi connectivity index (χ1v) is 8.06. The van der Waals surface area contributed by atoms with Gasteiger partial charge in [0.1, 0.15) is 0 Å². The summed E-state index contributed by atoms with van der Waals surface area (Å²) in [6.07, 6.45) is 3.35. The Kier molecular flexibility index (Phi) is 5.36. The second kappa shape index (κ2) is 8.06. The lowest BCUT2D eigenvalue weighted by Gasteiger charge is -2.06. The van der Waals surface area contributed by atoms with Gasteiger partial charge in [0.25, 0.3) is 0 Å². The Balaban J connectivity index is 1.82. The van der Waals surface area contributed by atoms with Crippen molar-refractivity contribution in [3.05, 3.63) is 72.8 Å². The molecule has 0 unspecified atom stereocenters. The van der Waals surface area contributed by atoms with Crippen molar-refractivity contribution in [2.24, 2.45) is 0 Å². The largest absolute Gasteiger partial charge is 0.462 e. The zero-order valence-corrected chi connectivity index (χ0v) is 13.7. The molecular weight excluding hydrogens is 316 g/mol. The second-order valence-electron chi connectivity index (χ2n) is 5.39. The highest BCUT2D eigenvalue weighted by Gasteiger charge is 2.18. The van der Waals surface area contributed by atoms with Crippen LogP contribution in [0.5, 0.6) is 0 Å². The number of carbonyl (C=O) groups excluding carboxylic acids is 1. The van der Waals surface area contributed by atoms with E-state index in [0.717, 1.165) is 18.4 Å². The summed E-state index contributed by atoms with van der Waals surface area (Å²) < 4.78 is 11.1. The zero-order chi connectivity index (χ0) is 17.5. The van der Waals surface area contributed by atoms with Crippen LogP contribution < -0.4 is 0 Å². The fourth-order valence-corrected chi connectivity index (χ4v) is 2.35. The average molecular weight is 334 g/mol. The molecule has 1 heterocycles. The van der Waals surface area contributed by atoms with Gasteiger partial charge in [0.2, 0.25) is 11.8 Å². The summed E-state index contributed by atoms with van der Waals surface area (Å²) in [4.78, 5) is 12.3. The standard InChI is InChI=1S/C20H18N2O3/c1-2-3-9-14-24-20(23)17-13-8-7-12-16(17)19-22-21-18(25-19)15-10-5-4-6-11-15/h2,4-8,10-13H,1,3,9,14H2. The molecule has 0 fully saturated rings. The number of allylic oxidation sites excluding steroid dienone is 1. The van der Waals surface area contributed by atoms with E-state index in [0.29, 0.717) is 23.6 Å². The van der Waals surface area contributed by atoms with Crippen molar-refractivity contribution in [2.45, 2.75) is 12.8 Å². The van der Waals surface area contributed by atoms with E-state index in [1.807, 2.05) is 36.4 Å². The Labute approximate surface area is 146 Å². The van der Waals surface area contributed by atoms with Crippen LogP contribution in [-0.4, -0.2) is 22.8 Å². The summed E-state index contributed by atoms with van der Waals surface area (Å²) in [5, 5.41) is 8.15. The molecule has 0 aliphatic carbocycles. The van der Waals surface area contributed by atoms with Gasteiger partial charge in [-0.05, 0) is 37.1 Å². The number of benzene rings is 2. The number of nitrogens with zero attached hydrogens (tertiary/aromatic N) is 2. The van der Waals surface area contributed by atoms with Crippen LogP contribution >= 0.6 is 0 Å². The smallest absolute Gasteiger partial charge is 0.338 e. The van der Waals surface area contributed by atoms with Gasteiger partial charge in [0.05, 0.1) is 17.7 Å². The fraction of sp³-hybridized carbons (Fsp3) is 0.150. The molecule has 0 bridgehead atoms. The number of esters is 1. The molecule has 0 radical (unpaired) electrons. The highest BCUT2D eigenvalue weighted by atomic mass is 16.5. The third-order valence-electron chi connectivity index (χ3n) is 3.61. The Hall–Kier alpha value is -3.21. The predicted molar refractivity (Wildman–Crippen MR) is 94.9 cm³/mol. The molecule has 2 aromatic carbocycles. The first-order valence-electron chi connectivity index (χ1n) is 8.06. The zero-order valence-electron chi connectivity index (χ0n) is 13.7. The molecule has 126 valence electrons. The van der Waals surface area contributed by atoms with Gasteiger partial charge < -0.3 is 9.15 Å². The molecule has 5 nitrogen and oxygen atoms in total. The van der Waals surface area contributed by atoms with Crippen molar-refractivity contribution in [1.29, 1.82) is 0 Å². The average Bonchev–Trinajstić information content (AvgIpc) is 3.16. The molecule has 3 rings (SSSR count). The van der Waals surface area contributed by atoms with Crippen LogP contribution in [0.4, 0.5) is 0 Å². The molecule has 25 heavy (non-hydrogen) atoms. The molecule has 0 saturated carbocycles. The molecule has 0 amide bonds. The molecule has 5 heteroatoms. The minimum absolute atomic E-state index is 0.289. The fourth-order valence-electron chi connectivity index (χ4n) is 2.35. The lowest BCUT2D eigenvalue weighted by molar-refractivity contribution is 0.0502. The Morgan fingerprint density at radius 2 is 1.76 bits per heavy atom. The monoisotopic (exact) mass is 334 g/mol. The molecule has 0 spiro atoms. The number of ether oxygens (including phenoxy) is 1. The van der Waals surface area contributed by atoms with Crippen LogP contribution in [0.2, 0.25) is 0 Å². The van der Waals surface area contributed by atoms with Gasteiger partial charge >= 0.3 is 5.97 Å². The molecule has 3 aromatic rings. The van der Waals surface area contributed by atoms with Crippen molar-refractivity contribution in [3.63, 3.8) is 0 Å². The van der Waals surface area contributed by atoms with Crippen LogP contribution in [0.25, 0.3) is 22.9 Å². The molecule has 0 aliphatic heterocycles. The van der Waals surface area contributed by atoms with E-state index in [1.165, 1.54) is 0 Å². The molecule has 0 aliphatic rings. The van der Waals surface area contributed by atoms with Crippen LogP contribution in [0.3, 0.4) is 0 Å². The van der Waals surface area contributed by atoms with Crippen molar-refractivity contribution >= 4 is 5.97 Å². The number of aromatic nitrogens is 2. The topological polar surface area (TPSA) is 65.2 Å². The van der Waals surface area contributed by atoms with Crippen molar-refractivity contribution < 1.29 is 13.9 Å². The van der Waals surface area contributed by atoms with E-state index in [4.69, 9.17) is 9.15 Å². The Morgan fingerprint density at radius 3 is 2.56 bits per heavy atom. The maximum absolute atomic E-state index is 12.3. The first kappa shape index (κ1) is 16.6. The normalized spacial score (nSPS) is 10.4. The van der Waals surface area contributed by atoms with E-state index in [1.54, 1.807) is 24.3 Å². The van der Waals surface area contributed by atoms with Crippen molar-refractivity contribution in [2.75, 3.05) is 6.61 Å².